The van der Waals surface area contributed by atoms with E-state index in [1.54, 1.807) is 25.1 Å². The predicted molar refractivity (Wildman–Crippen MR) is 217 cm³/mol. The Labute approximate surface area is 334 Å². The third-order valence-electron chi connectivity index (χ3n) is 10.5. The maximum Gasteiger partial charge on any atom is 0.416 e. The lowest BCUT2D eigenvalue weighted by molar-refractivity contribution is -0.143. The molecule has 0 radical (unpaired) electrons. The molecule has 0 spiro atoms. The van der Waals surface area contributed by atoms with Crippen molar-refractivity contribution >= 4 is 20.4 Å². The molecule has 0 aliphatic rings. The number of hydrogen-bond donors (Lipinski definition) is 0. The molecular formula is C46H54F6O4Si. The van der Waals surface area contributed by atoms with E-state index in [2.05, 4.69) is 41.5 Å². The molecule has 0 heterocycles. The molecule has 0 bridgehead atoms. The van der Waals surface area contributed by atoms with E-state index < -0.39 is 37.5 Å². The fraction of sp³-hybridized carbons (Fsp3) is 0.413. The highest BCUT2D eigenvalue weighted by molar-refractivity contribution is 6.78. The quantitative estimate of drug-likeness (QED) is 0.0409. The number of unbranched alkanes of at least 4 members (excludes halogenated alkanes) is 1. The SMILES string of the molecule is CCOC(=O)CCCCC(C=Cc1cc(F)ccc1OCc1ccc(-c2ccc(C(F)(F)F)cc2)cc1)Cc1cc(F)c(O[Si](C(C)C)(C(C)C)C(C)C)c(F)c1. The Morgan fingerprint density at radius 1 is 0.754 bits per heavy atom. The van der Waals surface area contributed by atoms with Crippen molar-refractivity contribution in [2.45, 2.75) is 110 Å². The summed E-state index contributed by atoms with van der Waals surface area (Å²) in [6.07, 6.45) is 1.52. The van der Waals surface area contributed by atoms with Crippen LogP contribution in [0.5, 0.6) is 11.5 Å². The van der Waals surface area contributed by atoms with Gasteiger partial charge in [-0.15, -0.1) is 0 Å². The topological polar surface area (TPSA) is 44.8 Å². The van der Waals surface area contributed by atoms with E-state index in [-0.39, 0.29) is 53.7 Å². The van der Waals surface area contributed by atoms with Gasteiger partial charge in [0.25, 0.3) is 8.32 Å². The molecule has 4 rings (SSSR count). The fourth-order valence-electron chi connectivity index (χ4n) is 7.66. The molecular weight excluding hydrogens is 759 g/mol. The Morgan fingerprint density at radius 2 is 1.33 bits per heavy atom. The van der Waals surface area contributed by atoms with E-state index in [0.29, 0.717) is 48.3 Å². The second-order valence-corrected chi connectivity index (χ2v) is 20.8. The van der Waals surface area contributed by atoms with Crippen LogP contribution in [0.4, 0.5) is 26.3 Å². The first-order chi connectivity index (χ1) is 26.9. The smallest absolute Gasteiger partial charge is 0.416 e. The average Bonchev–Trinajstić information content (AvgIpc) is 3.14. The Bertz CT molecular complexity index is 1890. The predicted octanol–water partition coefficient (Wildman–Crippen LogP) is 13.9. The van der Waals surface area contributed by atoms with E-state index in [9.17, 15) is 22.4 Å². The summed E-state index contributed by atoms with van der Waals surface area (Å²) in [7, 11) is -2.63. The van der Waals surface area contributed by atoms with Gasteiger partial charge in [0.05, 0.1) is 12.2 Å². The Kier molecular flexibility index (Phi) is 16.1. The number of benzene rings is 4. The molecule has 11 heteroatoms. The molecule has 1 unspecified atom stereocenters. The molecule has 4 aromatic rings. The standard InChI is InChI=1S/C46H54F6O4Si/c1-8-54-44(53)12-10-9-11-33(25-35-26-41(48)45(42(49)27-35)56-57(30(2)3,31(4)5)32(6)7)13-18-38-28-40(47)23-24-43(38)55-29-34-14-16-36(17-15-34)37-19-21-39(22-20-37)46(50,51)52/h13-24,26-28,30-33H,8-12,25,29H2,1-7H3. The van der Waals surface area contributed by atoms with E-state index in [0.717, 1.165) is 23.3 Å². The molecule has 0 saturated carbocycles. The third kappa shape index (κ3) is 12.2. The molecule has 57 heavy (non-hydrogen) atoms. The summed E-state index contributed by atoms with van der Waals surface area (Å²) >= 11 is 0. The number of carbonyl (C=O) groups is 1. The van der Waals surface area contributed by atoms with E-state index in [1.165, 1.54) is 42.5 Å². The minimum absolute atomic E-state index is 0.123. The second-order valence-electron chi connectivity index (χ2n) is 15.4. The van der Waals surface area contributed by atoms with Crippen LogP contribution in [0.15, 0.2) is 84.9 Å². The van der Waals surface area contributed by atoms with Crippen LogP contribution >= 0.6 is 0 Å². The molecule has 0 saturated heterocycles. The summed E-state index contributed by atoms with van der Waals surface area (Å²) in [5, 5.41) is 0. The van der Waals surface area contributed by atoms with Crippen molar-refractivity contribution in [1.29, 1.82) is 0 Å². The van der Waals surface area contributed by atoms with Gasteiger partial charge in [0.1, 0.15) is 18.2 Å². The van der Waals surface area contributed by atoms with Gasteiger partial charge in [-0.25, -0.2) is 13.2 Å². The Balaban J connectivity index is 1.54. The average molecular weight is 813 g/mol. The van der Waals surface area contributed by atoms with Crippen molar-refractivity contribution in [3.05, 3.63) is 125 Å². The zero-order chi connectivity index (χ0) is 41.9. The van der Waals surface area contributed by atoms with E-state index in [4.69, 9.17) is 13.9 Å². The largest absolute Gasteiger partial charge is 0.539 e. The molecule has 0 fully saturated rings. The molecule has 4 aromatic carbocycles. The summed E-state index contributed by atoms with van der Waals surface area (Å²) < 4.78 is 103. The van der Waals surface area contributed by atoms with Crippen LogP contribution in [0.3, 0.4) is 0 Å². The summed E-state index contributed by atoms with van der Waals surface area (Å²) in [5.74, 6) is -2.42. The Hall–Kier alpha value is -4.51. The van der Waals surface area contributed by atoms with Gasteiger partial charge in [-0.2, -0.15) is 13.2 Å². The zero-order valence-corrected chi connectivity index (χ0v) is 34.8. The molecule has 0 aromatic heterocycles. The van der Waals surface area contributed by atoms with E-state index in [1.807, 2.05) is 18.2 Å². The van der Waals surface area contributed by atoms with Crippen LogP contribution < -0.4 is 9.16 Å². The van der Waals surface area contributed by atoms with Crippen molar-refractivity contribution in [3.63, 3.8) is 0 Å². The number of rotatable bonds is 19. The third-order valence-corrected chi connectivity index (χ3v) is 16.4. The highest BCUT2D eigenvalue weighted by Crippen LogP contribution is 2.44. The molecule has 0 aliphatic heterocycles. The minimum Gasteiger partial charge on any atom is -0.539 e. The number of allylic oxidation sites excluding steroid dienone is 1. The fourth-order valence-corrected chi connectivity index (χ4v) is 12.9. The first-order valence-electron chi connectivity index (χ1n) is 19.6. The first kappa shape index (κ1) is 45.2. The van der Waals surface area contributed by atoms with Crippen molar-refractivity contribution in [1.82, 2.24) is 0 Å². The zero-order valence-electron chi connectivity index (χ0n) is 33.8. The number of hydrogen-bond acceptors (Lipinski definition) is 4. The number of carbonyl (C=O) groups excluding carboxylic acids is 1. The maximum atomic E-state index is 15.8. The van der Waals surface area contributed by atoms with Crippen LogP contribution in [-0.4, -0.2) is 20.9 Å². The molecule has 4 nitrogen and oxygen atoms in total. The van der Waals surface area contributed by atoms with Crippen molar-refractivity contribution in [2.75, 3.05) is 6.61 Å². The summed E-state index contributed by atoms with van der Waals surface area (Å²) in [6, 6.07) is 19.0. The van der Waals surface area contributed by atoms with Gasteiger partial charge in [-0.05, 0) is 113 Å². The highest BCUT2D eigenvalue weighted by atomic mass is 28.4. The summed E-state index contributed by atoms with van der Waals surface area (Å²) in [4.78, 5) is 12.0. The lowest BCUT2D eigenvalue weighted by atomic mass is 9.92. The van der Waals surface area contributed by atoms with Gasteiger partial charge in [0.2, 0.25) is 0 Å². The van der Waals surface area contributed by atoms with Crippen molar-refractivity contribution in [3.8, 4) is 22.6 Å². The van der Waals surface area contributed by atoms with Crippen LogP contribution in [0.1, 0.15) is 96.4 Å². The molecule has 0 aliphatic carbocycles. The lowest BCUT2D eigenvalue weighted by Crippen LogP contribution is -2.51. The van der Waals surface area contributed by atoms with Gasteiger partial charge >= 0.3 is 12.1 Å². The number of halogens is 6. The lowest BCUT2D eigenvalue weighted by Gasteiger charge is -2.42. The minimum atomic E-state index is -4.41. The van der Waals surface area contributed by atoms with Crippen LogP contribution in [-0.2, 0) is 28.7 Å². The van der Waals surface area contributed by atoms with Gasteiger partial charge in [-0.3, -0.25) is 4.79 Å². The van der Waals surface area contributed by atoms with Gasteiger partial charge in [0.15, 0.2) is 17.4 Å². The Morgan fingerprint density at radius 3 is 1.88 bits per heavy atom. The summed E-state index contributed by atoms with van der Waals surface area (Å²) in [5.41, 5.74) is 2.73. The molecule has 0 N–H and O–H groups in total. The number of esters is 1. The maximum absolute atomic E-state index is 15.8. The van der Waals surface area contributed by atoms with E-state index >= 15 is 8.78 Å². The normalized spacial score (nSPS) is 12.8. The number of ether oxygens (including phenoxy) is 2. The molecule has 308 valence electrons. The molecule has 1 atom stereocenters. The molecule has 0 amide bonds. The van der Waals surface area contributed by atoms with Crippen molar-refractivity contribution in [2.24, 2.45) is 5.92 Å². The monoisotopic (exact) mass is 812 g/mol. The van der Waals surface area contributed by atoms with Gasteiger partial charge in [0, 0.05) is 12.0 Å². The van der Waals surface area contributed by atoms with Crippen LogP contribution in [0, 0.1) is 23.4 Å². The second kappa shape index (κ2) is 20.3. The van der Waals surface area contributed by atoms with Gasteiger partial charge < -0.3 is 13.9 Å². The van der Waals surface area contributed by atoms with Crippen LogP contribution in [0.25, 0.3) is 17.2 Å². The van der Waals surface area contributed by atoms with Crippen LogP contribution in [0.2, 0.25) is 16.6 Å². The van der Waals surface area contributed by atoms with Gasteiger partial charge in [-0.1, -0.05) is 96.5 Å². The first-order valence-corrected chi connectivity index (χ1v) is 21.8. The summed E-state index contributed by atoms with van der Waals surface area (Å²) in [6.45, 7) is 14.5. The van der Waals surface area contributed by atoms with Crippen molar-refractivity contribution < 1.29 is 45.0 Å². The highest BCUT2D eigenvalue weighted by Gasteiger charge is 2.48. The number of alkyl halides is 3.